The van der Waals surface area contributed by atoms with Crippen LogP contribution in [0.3, 0.4) is 0 Å². The molecule has 0 bridgehead atoms. The molecule has 238 valence electrons. The molecule has 10 unspecified atom stereocenters. The summed E-state index contributed by atoms with van der Waals surface area (Å²) in [7, 11) is 0. The smallest absolute Gasteiger partial charge is 0.338 e. The van der Waals surface area contributed by atoms with E-state index in [0.717, 1.165) is 12.0 Å². The Hall–Kier alpha value is -2.78. The van der Waals surface area contributed by atoms with Gasteiger partial charge in [0, 0.05) is 11.8 Å². The van der Waals surface area contributed by atoms with Crippen molar-refractivity contribution in [3.8, 4) is 0 Å². The minimum Gasteiger partial charge on any atom is -0.457 e. The Balaban J connectivity index is 1.73. The highest BCUT2D eigenvalue weighted by molar-refractivity contribution is 5.89. The molecule has 1 aromatic rings. The molecule has 2 aliphatic rings. The van der Waals surface area contributed by atoms with Crippen LogP contribution in [0.1, 0.15) is 84.0 Å². The number of carbonyl (C=O) groups excluding carboxylic acids is 2. The van der Waals surface area contributed by atoms with Crippen molar-refractivity contribution < 1.29 is 39.1 Å². The number of carbonyl (C=O) groups is 2. The van der Waals surface area contributed by atoms with Gasteiger partial charge in [-0.3, -0.25) is 4.79 Å². The van der Waals surface area contributed by atoms with Gasteiger partial charge in [-0.2, -0.15) is 0 Å². The number of aliphatic hydroxyl groups excluding tert-OH is 2. The number of epoxide rings is 1. The van der Waals surface area contributed by atoms with E-state index in [1.54, 1.807) is 49.4 Å². The molecule has 1 aromatic carbocycles. The predicted molar refractivity (Wildman–Crippen MR) is 165 cm³/mol. The number of hydrogen-bond donors (Lipinski definition) is 3. The van der Waals surface area contributed by atoms with Gasteiger partial charge in [0.2, 0.25) is 0 Å². The number of esters is 2. The fraction of sp³-hybridized carbons (Fsp3) is 0.600. The molecular formula is C35H50O8. The van der Waals surface area contributed by atoms with Crippen molar-refractivity contribution in [1.29, 1.82) is 0 Å². The van der Waals surface area contributed by atoms with Crippen molar-refractivity contribution in [2.45, 2.75) is 116 Å². The molecule has 0 aromatic heterocycles. The van der Waals surface area contributed by atoms with E-state index in [4.69, 9.17) is 14.2 Å². The van der Waals surface area contributed by atoms with Gasteiger partial charge in [0.1, 0.15) is 17.8 Å². The SMILES string of the molecule is CCC(O)C(C)C1OC1CC(C)/C=C/C=C(\C)C1OC(=O)CC(O)CCC(C)(O)C(OC(=O)c2ccccc2)/C=C/C1C. The van der Waals surface area contributed by atoms with Gasteiger partial charge >= 0.3 is 11.9 Å². The van der Waals surface area contributed by atoms with Crippen molar-refractivity contribution >= 4 is 11.9 Å². The molecule has 0 aliphatic carbocycles. The molecule has 0 amide bonds. The first-order valence-corrected chi connectivity index (χ1v) is 15.5. The first-order chi connectivity index (χ1) is 20.3. The average molecular weight is 599 g/mol. The molecular weight excluding hydrogens is 548 g/mol. The zero-order valence-corrected chi connectivity index (χ0v) is 26.4. The minimum absolute atomic E-state index is 0.0956. The maximum atomic E-state index is 12.9. The summed E-state index contributed by atoms with van der Waals surface area (Å²) in [5.41, 5.74) is -0.291. The van der Waals surface area contributed by atoms with Crippen LogP contribution in [-0.4, -0.2) is 69.5 Å². The van der Waals surface area contributed by atoms with Crippen molar-refractivity contribution in [1.82, 2.24) is 0 Å². The zero-order chi connectivity index (χ0) is 31.7. The number of allylic oxidation sites excluding steroid dienone is 3. The van der Waals surface area contributed by atoms with Gasteiger partial charge in [0.15, 0.2) is 0 Å². The van der Waals surface area contributed by atoms with E-state index in [1.165, 1.54) is 0 Å². The fourth-order valence-electron chi connectivity index (χ4n) is 5.54. The minimum atomic E-state index is -1.47. The van der Waals surface area contributed by atoms with Crippen LogP contribution in [0.2, 0.25) is 0 Å². The Kier molecular flexibility index (Phi) is 12.8. The molecule has 8 nitrogen and oxygen atoms in total. The number of hydrogen-bond acceptors (Lipinski definition) is 8. The number of aliphatic hydroxyl groups is 3. The third kappa shape index (κ3) is 10.4. The van der Waals surface area contributed by atoms with Crippen LogP contribution in [0.4, 0.5) is 0 Å². The molecule has 1 saturated heterocycles. The summed E-state index contributed by atoms with van der Waals surface area (Å²) in [6, 6.07) is 8.57. The Morgan fingerprint density at radius 2 is 1.91 bits per heavy atom. The van der Waals surface area contributed by atoms with Crippen LogP contribution in [0, 0.1) is 17.8 Å². The van der Waals surface area contributed by atoms with E-state index < -0.39 is 35.9 Å². The largest absolute Gasteiger partial charge is 0.457 e. The van der Waals surface area contributed by atoms with Crippen LogP contribution in [0.15, 0.2) is 66.3 Å². The summed E-state index contributed by atoms with van der Waals surface area (Å²) in [4.78, 5) is 25.6. The third-order valence-electron chi connectivity index (χ3n) is 8.58. The maximum absolute atomic E-state index is 12.9. The first kappa shape index (κ1) is 34.7. The Labute approximate surface area is 256 Å². The van der Waals surface area contributed by atoms with E-state index in [9.17, 15) is 24.9 Å². The van der Waals surface area contributed by atoms with Gasteiger partial charge in [-0.1, -0.05) is 70.2 Å². The van der Waals surface area contributed by atoms with E-state index in [2.05, 4.69) is 13.0 Å². The monoisotopic (exact) mass is 598 g/mol. The quantitative estimate of drug-likeness (QED) is 0.143. The van der Waals surface area contributed by atoms with Crippen molar-refractivity contribution in [2.75, 3.05) is 0 Å². The Morgan fingerprint density at radius 3 is 2.58 bits per heavy atom. The van der Waals surface area contributed by atoms with Crippen molar-refractivity contribution in [2.24, 2.45) is 17.8 Å². The molecule has 2 aliphatic heterocycles. The van der Waals surface area contributed by atoms with E-state index >= 15 is 0 Å². The third-order valence-corrected chi connectivity index (χ3v) is 8.58. The molecule has 3 rings (SSSR count). The highest BCUT2D eigenvalue weighted by Crippen LogP contribution is 2.36. The lowest BCUT2D eigenvalue weighted by atomic mass is 9.88. The topological polar surface area (TPSA) is 126 Å². The van der Waals surface area contributed by atoms with Gasteiger partial charge < -0.3 is 29.5 Å². The highest BCUT2D eigenvalue weighted by Gasteiger charge is 2.45. The number of rotatable bonds is 10. The highest BCUT2D eigenvalue weighted by atomic mass is 16.6. The summed E-state index contributed by atoms with van der Waals surface area (Å²) < 4.78 is 17.4. The molecule has 0 saturated carbocycles. The first-order valence-electron chi connectivity index (χ1n) is 15.5. The summed E-state index contributed by atoms with van der Waals surface area (Å²) in [5.74, 6) is -1.03. The Morgan fingerprint density at radius 1 is 1.21 bits per heavy atom. The molecule has 2 heterocycles. The van der Waals surface area contributed by atoms with Crippen molar-refractivity contribution in [3.63, 3.8) is 0 Å². The van der Waals surface area contributed by atoms with Gasteiger partial charge in [0.05, 0.1) is 36.4 Å². The zero-order valence-electron chi connectivity index (χ0n) is 26.4. The predicted octanol–water partition coefficient (Wildman–Crippen LogP) is 5.32. The molecule has 0 radical (unpaired) electrons. The van der Waals surface area contributed by atoms with Crippen LogP contribution >= 0.6 is 0 Å². The van der Waals surface area contributed by atoms with Crippen molar-refractivity contribution in [3.05, 3.63) is 71.8 Å². The lowest BCUT2D eigenvalue weighted by Gasteiger charge is -2.32. The standard InChI is InChI=1S/C35H50O8/c1-7-28(37)25(5)33-29(41-33)20-22(2)12-11-13-23(3)32-24(4)16-17-30(42-34(39)26-14-9-8-10-15-26)35(6,40)19-18-27(36)21-31(38)43-32/h8-17,22,24-25,27-30,32-33,36-37,40H,7,18-21H2,1-6H3/b12-11+,17-16+,23-13+. The summed E-state index contributed by atoms with van der Waals surface area (Å²) >= 11 is 0. The fourth-order valence-corrected chi connectivity index (χ4v) is 5.54. The maximum Gasteiger partial charge on any atom is 0.338 e. The van der Waals surface area contributed by atoms with E-state index in [0.29, 0.717) is 12.0 Å². The van der Waals surface area contributed by atoms with Crippen LogP contribution < -0.4 is 0 Å². The van der Waals surface area contributed by atoms with E-state index in [-0.39, 0.29) is 55.3 Å². The second kappa shape index (κ2) is 15.8. The van der Waals surface area contributed by atoms with Crippen LogP contribution in [0.25, 0.3) is 0 Å². The molecule has 10 atom stereocenters. The normalized spacial score (nSPS) is 33.4. The van der Waals surface area contributed by atoms with Gasteiger partial charge in [0.25, 0.3) is 0 Å². The Bertz CT molecular complexity index is 1140. The molecule has 8 heteroatoms. The van der Waals surface area contributed by atoms with Gasteiger partial charge in [-0.15, -0.1) is 0 Å². The number of cyclic esters (lactones) is 1. The van der Waals surface area contributed by atoms with Gasteiger partial charge in [-0.05, 0) is 69.2 Å². The molecule has 3 N–H and O–H groups in total. The van der Waals surface area contributed by atoms with Gasteiger partial charge in [-0.25, -0.2) is 4.79 Å². The second-order valence-corrected chi connectivity index (χ2v) is 12.6. The number of benzene rings is 1. The lowest BCUT2D eigenvalue weighted by Crippen LogP contribution is -2.42. The second-order valence-electron chi connectivity index (χ2n) is 12.6. The lowest BCUT2D eigenvalue weighted by molar-refractivity contribution is -0.151. The molecule has 0 spiro atoms. The summed E-state index contributed by atoms with van der Waals surface area (Å²) in [6.45, 7) is 11.5. The number of ether oxygens (including phenoxy) is 3. The van der Waals surface area contributed by atoms with E-state index in [1.807, 2.05) is 39.8 Å². The summed E-state index contributed by atoms with van der Waals surface area (Å²) in [6.07, 6.45) is 8.28. The average Bonchev–Trinajstić information content (AvgIpc) is 3.74. The molecule has 1 fully saturated rings. The molecule has 43 heavy (non-hydrogen) atoms. The van der Waals surface area contributed by atoms with Crippen LogP contribution in [0.5, 0.6) is 0 Å². The van der Waals surface area contributed by atoms with Crippen LogP contribution in [-0.2, 0) is 19.0 Å². The summed E-state index contributed by atoms with van der Waals surface area (Å²) in [5, 5.41) is 31.9.